The lowest BCUT2D eigenvalue weighted by atomic mass is 10.1. The highest BCUT2D eigenvalue weighted by atomic mass is 35.5. The Balaban J connectivity index is 2.35. The Morgan fingerprint density at radius 3 is 2.81 bits per heavy atom. The van der Waals surface area contributed by atoms with Gasteiger partial charge in [-0.1, -0.05) is 11.6 Å². The number of hydrogen-bond donors (Lipinski definition) is 1. The second kappa shape index (κ2) is 5.57. The predicted molar refractivity (Wildman–Crippen MR) is 72.2 cm³/mol. The van der Waals surface area contributed by atoms with Crippen molar-refractivity contribution in [2.24, 2.45) is 5.92 Å². The zero-order chi connectivity index (χ0) is 15.7. The maximum atomic E-state index is 11.9. The van der Waals surface area contributed by atoms with Crippen LogP contribution < -0.4 is 4.90 Å². The van der Waals surface area contributed by atoms with E-state index in [1.54, 1.807) is 0 Å². The molecule has 112 valence electrons. The number of carbonyl (C=O) groups is 2. The summed E-state index contributed by atoms with van der Waals surface area (Å²) in [6.45, 7) is 0.0210. The van der Waals surface area contributed by atoms with Gasteiger partial charge < -0.3 is 14.7 Å². The summed E-state index contributed by atoms with van der Waals surface area (Å²) in [7, 11) is 1.22. The Morgan fingerprint density at radius 2 is 2.24 bits per heavy atom. The number of aromatic hydroxyl groups is 1. The van der Waals surface area contributed by atoms with Gasteiger partial charge in [-0.3, -0.25) is 19.7 Å². The van der Waals surface area contributed by atoms with Crippen LogP contribution in [0.5, 0.6) is 5.75 Å². The lowest BCUT2D eigenvalue weighted by molar-refractivity contribution is -0.384. The van der Waals surface area contributed by atoms with Crippen LogP contribution in [0.3, 0.4) is 0 Å². The van der Waals surface area contributed by atoms with Crippen LogP contribution in [0.15, 0.2) is 12.1 Å². The molecule has 0 aliphatic carbocycles. The van der Waals surface area contributed by atoms with E-state index in [1.807, 2.05) is 0 Å². The highest BCUT2D eigenvalue weighted by Gasteiger charge is 2.37. The second-order valence-corrected chi connectivity index (χ2v) is 4.89. The summed E-state index contributed by atoms with van der Waals surface area (Å²) in [5, 5.41) is 20.4. The molecular weight excluding hydrogens is 304 g/mol. The van der Waals surface area contributed by atoms with E-state index in [-0.39, 0.29) is 23.7 Å². The van der Waals surface area contributed by atoms with Crippen LogP contribution in [0, 0.1) is 16.0 Å². The maximum absolute atomic E-state index is 11.9. The van der Waals surface area contributed by atoms with Crippen molar-refractivity contribution in [2.45, 2.75) is 6.42 Å². The van der Waals surface area contributed by atoms with Gasteiger partial charge in [-0.15, -0.1) is 0 Å². The zero-order valence-electron chi connectivity index (χ0n) is 10.9. The molecule has 1 N–H and O–H groups in total. The van der Waals surface area contributed by atoms with E-state index in [0.29, 0.717) is 0 Å². The van der Waals surface area contributed by atoms with Gasteiger partial charge in [0.2, 0.25) is 5.91 Å². The first-order valence-electron chi connectivity index (χ1n) is 5.90. The number of phenols is 1. The number of nitrogens with zero attached hydrogens (tertiary/aromatic N) is 2. The summed E-state index contributed by atoms with van der Waals surface area (Å²) in [4.78, 5) is 34.5. The summed E-state index contributed by atoms with van der Waals surface area (Å²) >= 11 is 5.77. The lowest BCUT2D eigenvalue weighted by Crippen LogP contribution is -2.26. The third-order valence-corrected chi connectivity index (χ3v) is 3.49. The number of hydrogen-bond acceptors (Lipinski definition) is 6. The Kier molecular flexibility index (Phi) is 3.99. The first-order chi connectivity index (χ1) is 9.85. The Bertz CT molecular complexity index is 632. The molecule has 1 fully saturated rings. The number of nitro groups is 1. The lowest BCUT2D eigenvalue weighted by Gasteiger charge is -2.18. The van der Waals surface area contributed by atoms with Gasteiger partial charge in [0.25, 0.3) is 5.69 Å². The Labute approximate surface area is 124 Å². The molecule has 0 bridgehead atoms. The molecular formula is C12H11ClN2O6. The number of esters is 1. The van der Waals surface area contributed by atoms with Crippen molar-refractivity contribution in [2.75, 3.05) is 18.6 Å². The molecule has 1 amide bonds. The van der Waals surface area contributed by atoms with Crippen molar-refractivity contribution in [3.05, 3.63) is 27.3 Å². The third kappa shape index (κ3) is 2.75. The summed E-state index contributed by atoms with van der Waals surface area (Å²) in [5.41, 5.74) is -0.434. The van der Waals surface area contributed by atoms with E-state index in [1.165, 1.54) is 7.11 Å². The average Bonchev–Trinajstić information content (AvgIpc) is 2.81. The van der Waals surface area contributed by atoms with Crippen LogP contribution in [-0.4, -0.2) is 35.6 Å². The van der Waals surface area contributed by atoms with Crippen molar-refractivity contribution in [3.8, 4) is 5.75 Å². The van der Waals surface area contributed by atoms with E-state index < -0.39 is 34.2 Å². The molecule has 2 rings (SSSR count). The van der Waals surface area contributed by atoms with Crippen molar-refractivity contribution >= 4 is 34.9 Å². The van der Waals surface area contributed by atoms with E-state index in [4.69, 9.17) is 11.6 Å². The van der Waals surface area contributed by atoms with Gasteiger partial charge in [0.15, 0.2) is 0 Å². The van der Waals surface area contributed by atoms with Crippen molar-refractivity contribution in [3.63, 3.8) is 0 Å². The van der Waals surface area contributed by atoms with Crippen LogP contribution in [-0.2, 0) is 14.3 Å². The van der Waals surface area contributed by atoms with Gasteiger partial charge in [0, 0.05) is 13.0 Å². The Morgan fingerprint density at radius 1 is 1.57 bits per heavy atom. The summed E-state index contributed by atoms with van der Waals surface area (Å²) in [5.74, 6) is -2.02. The minimum atomic E-state index is -0.741. The smallest absolute Gasteiger partial charge is 0.311 e. The average molecular weight is 315 g/mol. The SMILES string of the molecule is COC(=O)C1CC(=O)N(c2cc(Cl)c([N+](=O)[O-])cc2O)C1. The van der Waals surface area contributed by atoms with Crippen molar-refractivity contribution in [1.82, 2.24) is 0 Å². The van der Waals surface area contributed by atoms with Gasteiger partial charge in [-0.2, -0.15) is 0 Å². The van der Waals surface area contributed by atoms with Gasteiger partial charge in [-0.05, 0) is 6.07 Å². The molecule has 1 aromatic rings. The summed E-state index contributed by atoms with van der Waals surface area (Å²) in [6.07, 6.45) is -0.0548. The minimum Gasteiger partial charge on any atom is -0.505 e. The number of amides is 1. The van der Waals surface area contributed by atoms with Crippen LogP contribution in [0.1, 0.15) is 6.42 Å². The molecule has 1 aliphatic rings. The fourth-order valence-corrected chi connectivity index (χ4v) is 2.39. The van der Waals surface area contributed by atoms with Crippen LogP contribution in [0.2, 0.25) is 5.02 Å². The third-order valence-electron chi connectivity index (χ3n) is 3.19. The summed E-state index contributed by atoms with van der Waals surface area (Å²) < 4.78 is 4.58. The summed E-state index contributed by atoms with van der Waals surface area (Å²) in [6, 6.07) is 2.00. The van der Waals surface area contributed by atoms with Crippen molar-refractivity contribution in [1.29, 1.82) is 0 Å². The van der Waals surface area contributed by atoms with Gasteiger partial charge in [0.1, 0.15) is 10.8 Å². The molecule has 8 nitrogen and oxygen atoms in total. The molecule has 1 heterocycles. The number of benzene rings is 1. The monoisotopic (exact) mass is 314 g/mol. The van der Waals surface area contributed by atoms with Crippen LogP contribution in [0.4, 0.5) is 11.4 Å². The van der Waals surface area contributed by atoms with E-state index >= 15 is 0 Å². The van der Waals surface area contributed by atoms with Crippen LogP contribution >= 0.6 is 11.6 Å². The number of rotatable bonds is 3. The van der Waals surface area contributed by atoms with Crippen LogP contribution in [0.25, 0.3) is 0 Å². The fraction of sp³-hybridized carbons (Fsp3) is 0.333. The van der Waals surface area contributed by atoms with E-state index in [2.05, 4.69) is 4.74 Å². The normalized spacial score (nSPS) is 17.9. The maximum Gasteiger partial charge on any atom is 0.311 e. The highest BCUT2D eigenvalue weighted by molar-refractivity contribution is 6.33. The van der Waals surface area contributed by atoms with Crippen molar-refractivity contribution < 1.29 is 24.4 Å². The zero-order valence-corrected chi connectivity index (χ0v) is 11.7. The molecule has 0 aromatic heterocycles. The number of carbonyl (C=O) groups excluding carboxylic acids is 2. The largest absolute Gasteiger partial charge is 0.505 e. The quantitative estimate of drug-likeness (QED) is 0.514. The Hall–Kier alpha value is -2.35. The topological polar surface area (TPSA) is 110 Å². The number of methoxy groups -OCH3 is 1. The number of ether oxygens (including phenoxy) is 1. The fourth-order valence-electron chi connectivity index (χ4n) is 2.16. The minimum absolute atomic E-state index is 0.0210. The second-order valence-electron chi connectivity index (χ2n) is 4.48. The number of nitro benzene ring substituents is 1. The highest BCUT2D eigenvalue weighted by Crippen LogP contribution is 2.39. The number of anilines is 1. The van der Waals surface area contributed by atoms with Gasteiger partial charge in [0.05, 0.1) is 29.7 Å². The molecule has 1 aliphatic heterocycles. The van der Waals surface area contributed by atoms with E-state index in [9.17, 15) is 24.8 Å². The van der Waals surface area contributed by atoms with Gasteiger partial charge in [-0.25, -0.2) is 0 Å². The standard InChI is InChI=1S/C12H11ClN2O6/c1-21-12(18)6-2-11(17)14(5-6)9-3-7(13)8(15(19)20)4-10(9)16/h3-4,6,16H,2,5H2,1H3. The first kappa shape index (κ1) is 15.0. The molecule has 0 radical (unpaired) electrons. The molecule has 21 heavy (non-hydrogen) atoms. The molecule has 9 heteroatoms. The van der Waals surface area contributed by atoms with E-state index in [0.717, 1.165) is 17.0 Å². The predicted octanol–water partition coefficient (Wildman–Crippen LogP) is 1.48. The first-order valence-corrected chi connectivity index (χ1v) is 6.28. The molecule has 1 unspecified atom stereocenters. The number of halogens is 1. The molecule has 1 saturated heterocycles. The molecule has 1 atom stereocenters. The van der Waals surface area contributed by atoms with Gasteiger partial charge >= 0.3 is 5.97 Å². The molecule has 1 aromatic carbocycles. The molecule has 0 saturated carbocycles. The molecule has 0 spiro atoms. The number of phenolic OH excluding ortho intramolecular Hbond substituents is 1.